The molecule has 0 aliphatic rings. The summed E-state index contributed by atoms with van der Waals surface area (Å²) >= 11 is 0. The second kappa shape index (κ2) is 5.46. The number of sulfonamides is 1. The summed E-state index contributed by atoms with van der Waals surface area (Å²) in [6, 6.07) is 4.85. The number of halogens is 1. The van der Waals surface area contributed by atoms with Gasteiger partial charge in [0, 0.05) is 13.6 Å². The second-order valence-corrected chi connectivity index (χ2v) is 6.48. The first-order chi connectivity index (χ1) is 8.28. The van der Waals surface area contributed by atoms with E-state index in [1.165, 1.54) is 17.4 Å². The van der Waals surface area contributed by atoms with Crippen LogP contribution < -0.4 is 0 Å². The molecule has 6 heteroatoms. The summed E-state index contributed by atoms with van der Waals surface area (Å²) in [7, 11) is -2.20. The van der Waals surface area contributed by atoms with Crippen molar-refractivity contribution in [3.8, 4) is 6.07 Å². The van der Waals surface area contributed by atoms with Crippen LogP contribution in [0.15, 0.2) is 23.1 Å². The van der Waals surface area contributed by atoms with E-state index in [0.29, 0.717) is 6.54 Å². The van der Waals surface area contributed by atoms with Gasteiger partial charge < -0.3 is 0 Å². The molecule has 18 heavy (non-hydrogen) atoms. The monoisotopic (exact) mass is 270 g/mol. The molecule has 0 N–H and O–H groups in total. The van der Waals surface area contributed by atoms with Gasteiger partial charge in [-0.2, -0.15) is 5.26 Å². The van der Waals surface area contributed by atoms with Crippen molar-refractivity contribution in [2.24, 2.45) is 5.92 Å². The lowest BCUT2D eigenvalue weighted by Crippen LogP contribution is -2.30. The molecule has 1 aromatic rings. The zero-order chi connectivity index (χ0) is 13.9. The fourth-order valence-corrected chi connectivity index (χ4v) is 2.90. The van der Waals surface area contributed by atoms with Crippen LogP contribution >= 0.6 is 0 Å². The van der Waals surface area contributed by atoms with Crippen LogP contribution in [0.4, 0.5) is 4.39 Å². The molecular formula is C12H15FN2O2S. The minimum atomic E-state index is -3.67. The predicted octanol–water partition coefficient (Wildman–Crippen LogP) is 1.97. The molecule has 0 radical (unpaired) electrons. The van der Waals surface area contributed by atoms with E-state index in [9.17, 15) is 12.8 Å². The Labute approximate surface area is 107 Å². The van der Waals surface area contributed by atoms with Crippen molar-refractivity contribution < 1.29 is 12.8 Å². The van der Waals surface area contributed by atoms with E-state index in [1.54, 1.807) is 6.07 Å². The molecule has 0 saturated heterocycles. The smallest absolute Gasteiger partial charge is 0.207 e. The normalized spacial score (nSPS) is 11.8. The Morgan fingerprint density at radius 2 is 2.06 bits per heavy atom. The zero-order valence-electron chi connectivity index (χ0n) is 10.5. The highest BCUT2D eigenvalue weighted by Crippen LogP contribution is 2.18. The molecular weight excluding hydrogens is 255 g/mol. The number of nitriles is 1. The van der Waals surface area contributed by atoms with Gasteiger partial charge in [-0.3, -0.25) is 0 Å². The van der Waals surface area contributed by atoms with Crippen molar-refractivity contribution >= 4 is 10.0 Å². The van der Waals surface area contributed by atoms with Crippen molar-refractivity contribution in [1.29, 1.82) is 5.26 Å². The number of hydrogen-bond donors (Lipinski definition) is 0. The van der Waals surface area contributed by atoms with Crippen LogP contribution in [0.25, 0.3) is 0 Å². The van der Waals surface area contributed by atoms with Crippen molar-refractivity contribution in [2.45, 2.75) is 18.7 Å². The Balaban J connectivity index is 3.18. The fraction of sp³-hybridized carbons (Fsp3) is 0.417. The summed E-state index contributed by atoms with van der Waals surface area (Å²) in [6.07, 6.45) is 0. The van der Waals surface area contributed by atoms with E-state index in [-0.39, 0.29) is 16.4 Å². The van der Waals surface area contributed by atoms with Crippen LogP contribution in [0.1, 0.15) is 19.4 Å². The number of nitrogens with zero attached hydrogens (tertiary/aromatic N) is 2. The standard InChI is InChI=1S/C12H15FN2O2S/c1-9(2)8-15(3)18(16,17)11-4-5-12(13)10(6-11)7-14/h4-6,9H,8H2,1-3H3. The Bertz CT molecular complexity index is 576. The Hall–Kier alpha value is -1.45. The third-order valence-electron chi connectivity index (χ3n) is 2.39. The number of benzene rings is 1. The lowest BCUT2D eigenvalue weighted by molar-refractivity contribution is 0.417. The van der Waals surface area contributed by atoms with Gasteiger partial charge >= 0.3 is 0 Å². The third kappa shape index (κ3) is 3.06. The lowest BCUT2D eigenvalue weighted by Gasteiger charge is -2.19. The first-order valence-corrected chi connectivity index (χ1v) is 6.89. The summed E-state index contributed by atoms with van der Waals surface area (Å²) in [5.41, 5.74) is -0.269. The molecule has 0 amide bonds. The largest absolute Gasteiger partial charge is 0.242 e. The molecule has 98 valence electrons. The summed E-state index contributed by atoms with van der Waals surface area (Å²) in [5.74, 6) is -0.538. The SMILES string of the molecule is CC(C)CN(C)S(=O)(=O)c1ccc(F)c(C#N)c1. The first kappa shape index (κ1) is 14.6. The third-order valence-corrected chi connectivity index (χ3v) is 4.21. The fourth-order valence-electron chi connectivity index (χ4n) is 1.54. The highest BCUT2D eigenvalue weighted by molar-refractivity contribution is 7.89. The highest BCUT2D eigenvalue weighted by Gasteiger charge is 2.22. The summed E-state index contributed by atoms with van der Waals surface area (Å²) < 4.78 is 38.6. The van der Waals surface area contributed by atoms with Crippen LogP contribution in [0.3, 0.4) is 0 Å². The van der Waals surface area contributed by atoms with E-state index in [4.69, 9.17) is 5.26 Å². The molecule has 0 fully saturated rings. The maximum Gasteiger partial charge on any atom is 0.242 e. The van der Waals surface area contributed by atoms with E-state index < -0.39 is 15.8 Å². The summed E-state index contributed by atoms with van der Waals surface area (Å²) in [4.78, 5) is -0.0661. The van der Waals surface area contributed by atoms with Gasteiger partial charge in [0.2, 0.25) is 10.0 Å². The predicted molar refractivity (Wildman–Crippen MR) is 65.8 cm³/mol. The Morgan fingerprint density at radius 3 is 2.56 bits per heavy atom. The first-order valence-electron chi connectivity index (χ1n) is 5.45. The maximum atomic E-state index is 13.1. The van der Waals surface area contributed by atoms with E-state index in [0.717, 1.165) is 12.1 Å². The van der Waals surface area contributed by atoms with Crippen LogP contribution in [0.5, 0.6) is 0 Å². The highest BCUT2D eigenvalue weighted by atomic mass is 32.2. The van der Waals surface area contributed by atoms with Gasteiger partial charge in [0.05, 0.1) is 10.5 Å². The molecule has 0 atom stereocenters. The molecule has 0 heterocycles. The van der Waals surface area contributed by atoms with Crippen LogP contribution in [0, 0.1) is 23.1 Å². The van der Waals surface area contributed by atoms with E-state index in [2.05, 4.69) is 0 Å². The Kier molecular flexibility index (Phi) is 4.43. The van der Waals surface area contributed by atoms with Crippen LogP contribution in [-0.2, 0) is 10.0 Å². The second-order valence-electron chi connectivity index (χ2n) is 4.43. The topological polar surface area (TPSA) is 61.2 Å². The molecule has 1 rings (SSSR count). The minimum Gasteiger partial charge on any atom is -0.207 e. The average Bonchev–Trinajstić information content (AvgIpc) is 2.28. The van der Waals surface area contributed by atoms with Gasteiger partial charge in [-0.15, -0.1) is 0 Å². The molecule has 4 nitrogen and oxygen atoms in total. The average molecular weight is 270 g/mol. The van der Waals surface area contributed by atoms with Gasteiger partial charge in [-0.25, -0.2) is 17.1 Å². The number of hydrogen-bond acceptors (Lipinski definition) is 3. The van der Waals surface area contributed by atoms with Gasteiger partial charge in [0.25, 0.3) is 0 Å². The van der Waals surface area contributed by atoms with Gasteiger partial charge in [-0.1, -0.05) is 13.8 Å². The molecule has 1 aromatic carbocycles. The van der Waals surface area contributed by atoms with Crippen molar-refractivity contribution in [1.82, 2.24) is 4.31 Å². The maximum absolute atomic E-state index is 13.1. The van der Waals surface area contributed by atoms with E-state index >= 15 is 0 Å². The molecule has 0 unspecified atom stereocenters. The lowest BCUT2D eigenvalue weighted by atomic mass is 10.2. The van der Waals surface area contributed by atoms with Crippen molar-refractivity contribution in [2.75, 3.05) is 13.6 Å². The summed E-state index contributed by atoms with van der Waals surface area (Å²) in [5, 5.41) is 8.69. The molecule has 0 aliphatic carbocycles. The van der Waals surface area contributed by atoms with Gasteiger partial charge in [-0.05, 0) is 24.1 Å². The Morgan fingerprint density at radius 1 is 1.44 bits per heavy atom. The van der Waals surface area contributed by atoms with Gasteiger partial charge in [0.15, 0.2) is 0 Å². The quantitative estimate of drug-likeness (QED) is 0.840. The van der Waals surface area contributed by atoms with Crippen molar-refractivity contribution in [3.05, 3.63) is 29.6 Å². The molecule has 0 bridgehead atoms. The van der Waals surface area contributed by atoms with Crippen LogP contribution in [-0.4, -0.2) is 26.3 Å². The van der Waals surface area contributed by atoms with Gasteiger partial charge in [0.1, 0.15) is 11.9 Å². The molecule has 0 spiro atoms. The molecule has 0 aromatic heterocycles. The number of rotatable bonds is 4. The van der Waals surface area contributed by atoms with E-state index in [1.807, 2.05) is 13.8 Å². The van der Waals surface area contributed by atoms with Crippen molar-refractivity contribution in [3.63, 3.8) is 0 Å². The van der Waals surface area contributed by atoms with Crippen LogP contribution in [0.2, 0.25) is 0 Å². The molecule has 0 aliphatic heterocycles. The summed E-state index contributed by atoms with van der Waals surface area (Å²) in [6.45, 7) is 4.16. The molecule has 0 saturated carbocycles. The zero-order valence-corrected chi connectivity index (χ0v) is 11.3. The minimum absolute atomic E-state index is 0.0661.